The third-order valence-electron chi connectivity index (χ3n) is 3.28. The molecule has 2 N–H and O–H groups in total. The molecule has 0 unspecified atom stereocenters. The molecule has 6 nitrogen and oxygen atoms in total. The molecule has 3 amide bonds. The summed E-state index contributed by atoms with van der Waals surface area (Å²) in [5.41, 5.74) is 2.31. The summed E-state index contributed by atoms with van der Waals surface area (Å²) in [5, 5.41) is 14.2. The molecule has 0 aromatic heterocycles. The van der Waals surface area contributed by atoms with Crippen LogP contribution in [-0.2, 0) is 4.79 Å². The minimum absolute atomic E-state index is 0.172. The van der Waals surface area contributed by atoms with E-state index in [1.807, 2.05) is 6.07 Å². The van der Waals surface area contributed by atoms with E-state index in [1.165, 1.54) is 4.90 Å². The molecule has 108 valence electrons. The van der Waals surface area contributed by atoms with Crippen molar-refractivity contribution < 1.29 is 9.59 Å². The molecule has 1 aromatic rings. The number of carbonyl (C=O) groups excluding carboxylic acids is 2. The van der Waals surface area contributed by atoms with Crippen LogP contribution in [0.25, 0.3) is 0 Å². The normalized spacial score (nSPS) is 17.6. The van der Waals surface area contributed by atoms with Gasteiger partial charge in [0, 0.05) is 19.8 Å². The fraction of sp³-hybridized carbons (Fsp3) is 0.267. The first-order valence-electron chi connectivity index (χ1n) is 6.44. The summed E-state index contributed by atoms with van der Waals surface area (Å²) in [4.78, 5) is 25.5. The Balaban J connectivity index is 2.47. The Hall–Kier alpha value is -2.81. The number of carbonyl (C=O) groups is 2. The van der Waals surface area contributed by atoms with Crippen LogP contribution in [0.1, 0.15) is 24.1 Å². The molecule has 2 rings (SSSR count). The summed E-state index contributed by atoms with van der Waals surface area (Å²) in [5.74, 6) is -0.172. The van der Waals surface area contributed by atoms with E-state index in [9.17, 15) is 9.59 Å². The van der Waals surface area contributed by atoms with Crippen LogP contribution in [0.4, 0.5) is 4.79 Å². The molecule has 1 aromatic carbocycles. The number of allylic oxidation sites excluding steroid dienone is 1. The number of hydrogen-bond acceptors (Lipinski definition) is 3. The van der Waals surface area contributed by atoms with Gasteiger partial charge in [-0.2, -0.15) is 5.26 Å². The van der Waals surface area contributed by atoms with E-state index in [-0.39, 0.29) is 11.9 Å². The molecule has 0 aliphatic carbocycles. The Labute approximate surface area is 123 Å². The summed E-state index contributed by atoms with van der Waals surface area (Å²) in [6.07, 6.45) is 0. The molecular formula is C15H16N4O2. The van der Waals surface area contributed by atoms with Gasteiger partial charge < -0.3 is 15.5 Å². The van der Waals surface area contributed by atoms with Gasteiger partial charge in [-0.15, -0.1) is 0 Å². The van der Waals surface area contributed by atoms with Gasteiger partial charge in [0.1, 0.15) is 0 Å². The van der Waals surface area contributed by atoms with E-state index in [0.29, 0.717) is 16.8 Å². The molecule has 0 radical (unpaired) electrons. The molecule has 21 heavy (non-hydrogen) atoms. The zero-order valence-corrected chi connectivity index (χ0v) is 12.1. The molecular weight excluding hydrogens is 268 g/mol. The fourth-order valence-electron chi connectivity index (χ4n) is 2.22. The Bertz CT molecular complexity index is 653. The molecule has 0 saturated heterocycles. The number of amides is 3. The van der Waals surface area contributed by atoms with Crippen molar-refractivity contribution in [3.63, 3.8) is 0 Å². The molecule has 1 atom stereocenters. The summed E-state index contributed by atoms with van der Waals surface area (Å²) < 4.78 is 0. The Morgan fingerprint density at radius 3 is 2.43 bits per heavy atom. The van der Waals surface area contributed by atoms with Gasteiger partial charge in [0.15, 0.2) is 0 Å². The SMILES string of the molecule is CC1=C(C(=O)N(C)C)[C@H](c2ccc(C#N)cc2)NC(=O)N1. The highest BCUT2D eigenvalue weighted by Crippen LogP contribution is 2.27. The average Bonchev–Trinajstić information content (AvgIpc) is 2.46. The van der Waals surface area contributed by atoms with Gasteiger partial charge in [-0.05, 0) is 24.6 Å². The van der Waals surface area contributed by atoms with Crippen LogP contribution in [0.15, 0.2) is 35.5 Å². The van der Waals surface area contributed by atoms with Crippen molar-refractivity contribution in [2.75, 3.05) is 14.1 Å². The van der Waals surface area contributed by atoms with Gasteiger partial charge in [-0.25, -0.2) is 4.79 Å². The monoisotopic (exact) mass is 284 g/mol. The van der Waals surface area contributed by atoms with E-state index < -0.39 is 6.04 Å². The summed E-state index contributed by atoms with van der Waals surface area (Å²) in [7, 11) is 3.32. The second-order valence-corrected chi connectivity index (χ2v) is 5.00. The van der Waals surface area contributed by atoms with Crippen molar-refractivity contribution in [1.29, 1.82) is 5.26 Å². The van der Waals surface area contributed by atoms with Gasteiger partial charge in [0.2, 0.25) is 0 Å². The fourth-order valence-corrected chi connectivity index (χ4v) is 2.22. The Morgan fingerprint density at radius 2 is 1.90 bits per heavy atom. The van der Waals surface area contributed by atoms with Gasteiger partial charge in [0.25, 0.3) is 5.91 Å². The van der Waals surface area contributed by atoms with E-state index >= 15 is 0 Å². The second-order valence-electron chi connectivity index (χ2n) is 5.00. The lowest BCUT2D eigenvalue weighted by Gasteiger charge is -2.30. The number of urea groups is 1. The molecule has 0 fully saturated rings. The van der Waals surface area contributed by atoms with E-state index in [4.69, 9.17) is 5.26 Å². The van der Waals surface area contributed by atoms with Crippen LogP contribution in [0.2, 0.25) is 0 Å². The molecule has 0 spiro atoms. The second kappa shape index (κ2) is 5.67. The van der Waals surface area contributed by atoms with Crippen molar-refractivity contribution in [3.05, 3.63) is 46.7 Å². The highest BCUT2D eigenvalue weighted by atomic mass is 16.2. The first-order valence-corrected chi connectivity index (χ1v) is 6.44. The zero-order valence-electron chi connectivity index (χ0n) is 12.1. The average molecular weight is 284 g/mol. The van der Waals surface area contributed by atoms with E-state index in [0.717, 1.165) is 5.56 Å². The quantitative estimate of drug-likeness (QED) is 0.857. The number of rotatable bonds is 2. The smallest absolute Gasteiger partial charge is 0.319 e. The summed E-state index contributed by atoms with van der Waals surface area (Å²) in [6, 6.07) is 7.97. The molecule has 1 aliphatic heterocycles. The largest absolute Gasteiger partial charge is 0.345 e. The van der Waals surface area contributed by atoms with Crippen molar-refractivity contribution in [3.8, 4) is 6.07 Å². The molecule has 6 heteroatoms. The number of benzene rings is 1. The molecule has 0 saturated carbocycles. The predicted octanol–water partition coefficient (Wildman–Crippen LogP) is 1.27. The minimum atomic E-state index is -0.526. The summed E-state index contributed by atoms with van der Waals surface area (Å²) in [6.45, 7) is 1.70. The van der Waals surface area contributed by atoms with Crippen LogP contribution in [-0.4, -0.2) is 30.9 Å². The van der Waals surface area contributed by atoms with E-state index in [1.54, 1.807) is 45.3 Å². The highest BCUT2D eigenvalue weighted by molar-refractivity contribution is 5.98. The maximum absolute atomic E-state index is 12.3. The number of nitrogens with zero attached hydrogens (tertiary/aromatic N) is 2. The highest BCUT2D eigenvalue weighted by Gasteiger charge is 2.31. The maximum atomic E-state index is 12.3. The van der Waals surface area contributed by atoms with E-state index in [2.05, 4.69) is 10.6 Å². The zero-order chi connectivity index (χ0) is 15.6. The Kier molecular flexibility index (Phi) is 3.94. The van der Waals surface area contributed by atoms with Crippen molar-refractivity contribution in [2.24, 2.45) is 0 Å². The number of hydrogen-bond donors (Lipinski definition) is 2. The number of nitriles is 1. The van der Waals surface area contributed by atoms with Crippen molar-refractivity contribution in [1.82, 2.24) is 15.5 Å². The minimum Gasteiger partial charge on any atom is -0.345 e. The van der Waals surface area contributed by atoms with Crippen molar-refractivity contribution >= 4 is 11.9 Å². The molecule has 1 heterocycles. The third-order valence-corrected chi connectivity index (χ3v) is 3.28. The topological polar surface area (TPSA) is 85.2 Å². The number of likely N-dealkylation sites (N-methyl/N-ethyl adjacent to an activating group) is 1. The van der Waals surface area contributed by atoms with Crippen LogP contribution in [0.5, 0.6) is 0 Å². The standard InChI is InChI=1S/C15H16N4O2/c1-9-12(14(20)19(2)3)13(18-15(21)17-9)11-6-4-10(8-16)5-7-11/h4-7,13H,1-3H3,(H2,17,18,21)/t13-/m0/s1. The van der Waals surface area contributed by atoms with Crippen LogP contribution in [0.3, 0.4) is 0 Å². The number of nitrogens with one attached hydrogen (secondary N) is 2. The van der Waals surface area contributed by atoms with Gasteiger partial charge in [0.05, 0.1) is 23.2 Å². The van der Waals surface area contributed by atoms with Gasteiger partial charge in [-0.1, -0.05) is 12.1 Å². The molecule has 1 aliphatic rings. The maximum Gasteiger partial charge on any atom is 0.319 e. The first-order chi connectivity index (χ1) is 9.93. The Morgan fingerprint density at radius 1 is 1.29 bits per heavy atom. The third kappa shape index (κ3) is 2.87. The lowest BCUT2D eigenvalue weighted by Crippen LogP contribution is -2.46. The van der Waals surface area contributed by atoms with Gasteiger partial charge in [-0.3, -0.25) is 4.79 Å². The first kappa shape index (κ1) is 14.6. The lowest BCUT2D eigenvalue weighted by molar-refractivity contribution is -0.125. The summed E-state index contributed by atoms with van der Waals surface area (Å²) >= 11 is 0. The van der Waals surface area contributed by atoms with Crippen LogP contribution in [0, 0.1) is 11.3 Å². The van der Waals surface area contributed by atoms with Crippen molar-refractivity contribution in [2.45, 2.75) is 13.0 Å². The lowest BCUT2D eigenvalue weighted by atomic mass is 9.94. The van der Waals surface area contributed by atoms with Crippen LogP contribution >= 0.6 is 0 Å². The molecule has 0 bridgehead atoms. The van der Waals surface area contributed by atoms with Gasteiger partial charge >= 0.3 is 6.03 Å². The van der Waals surface area contributed by atoms with Crippen LogP contribution < -0.4 is 10.6 Å². The predicted molar refractivity (Wildman–Crippen MR) is 77.0 cm³/mol.